The Hall–Kier alpha value is -14.4. The number of carbonyl (C=O) groups excluding carboxylic acids is 10. The Morgan fingerprint density at radius 1 is 0.243 bits per heavy atom. The van der Waals surface area contributed by atoms with Crippen molar-refractivity contribution in [3.8, 4) is 0 Å². The smallest absolute Gasteiger partial charge is 0.212 e. The lowest BCUT2D eigenvalue weighted by Crippen LogP contribution is -2.48. The van der Waals surface area contributed by atoms with Crippen LogP contribution in [0.4, 0.5) is 22.7 Å². The Labute approximate surface area is 823 Å². The second-order valence-corrected chi connectivity index (χ2v) is 35.0. The van der Waals surface area contributed by atoms with Crippen LogP contribution in [0.25, 0.3) is 0 Å². The topological polar surface area (TPSA) is 286 Å². The lowest BCUT2D eigenvalue weighted by atomic mass is 9.84. The summed E-state index contributed by atoms with van der Waals surface area (Å²) in [4.78, 5) is 145. The van der Waals surface area contributed by atoms with Crippen molar-refractivity contribution in [2.45, 2.75) is 99.8 Å². The SMILES string of the molecule is CCN(CC)CCCCNC1=C(Nc2ccccc2)C(=O)c2ccccc2C1=O.CCN(CC)CCCNC1=C(Nc2ccccc2)C(=O)c2ccccc2C1=O.CCN(CC)CCNC1=C(Nc2ccccc2)C(=O)c2ccccc2C1=O.CCN1CCN(C2=C(Nc3ccccc3)C(=O)c3ccccc3C2=O)CC1.O=C1C(Cc2ccccc2)=C(NCCCN2CCCCC2)C(=O)c2ccccc21. The van der Waals surface area contributed by atoms with Crippen molar-refractivity contribution < 1.29 is 47.9 Å². The Bertz CT molecular complexity index is 6140. The van der Waals surface area contributed by atoms with Crippen molar-refractivity contribution in [1.82, 2.24) is 50.7 Å². The van der Waals surface area contributed by atoms with Gasteiger partial charge in [-0.3, -0.25) is 47.9 Å². The maximum absolute atomic E-state index is 13.3. The number of unbranched alkanes of at least 4 members (excludes halogenated alkanes) is 1. The van der Waals surface area contributed by atoms with Crippen LogP contribution in [-0.2, 0) is 6.42 Å². The van der Waals surface area contributed by atoms with Gasteiger partial charge in [0.15, 0.2) is 5.78 Å². The first-order chi connectivity index (χ1) is 68.4. The van der Waals surface area contributed by atoms with Crippen molar-refractivity contribution in [2.24, 2.45) is 0 Å². The van der Waals surface area contributed by atoms with Gasteiger partial charge >= 0.3 is 0 Å². The maximum atomic E-state index is 13.3. The molecule has 8 N–H and O–H groups in total. The molecule has 0 amide bonds. The number of carbonyl (C=O) groups is 10. The molecule has 2 aliphatic heterocycles. The number of rotatable bonds is 38. The van der Waals surface area contributed by atoms with Gasteiger partial charge < -0.3 is 71.9 Å². The van der Waals surface area contributed by atoms with E-state index in [1.807, 2.05) is 170 Å². The van der Waals surface area contributed by atoms with Crippen molar-refractivity contribution in [3.05, 3.63) is 391 Å². The van der Waals surface area contributed by atoms with Crippen LogP contribution in [0, 0.1) is 0 Å². The number of ketones is 10. The summed E-state index contributed by atoms with van der Waals surface area (Å²) >= 11 is 0. The number of hydrogen-bond donors (Lipinski definition) is 8. The van der Waals surface area contributed by atoms with Gasteiger partial charge in [0.1, 0.15) is 45.6 Å². The van der Waals surface area contributed by atoms with Gasteiger partial charge in [0.2, 0.25) is 52.0 Å². The third kappa shape index (κ3) is 26.5. The van der Waals surface area contributed by atoms with E-state index in [0.29, 0.717) is 145 Å². The van der Waals surface area contributed by atoms with E-state index in [-0.39, 0.29) is 57.8 Å². The first-order valence-electron chi connectivity index (χ1n) is 49.7. The molecule has 2 saturated heterocycles. The van der Waals surface area contributed by atoms with Gasteiger partial charge in [0.05, 0.1) is 5.70 Å². The van der Waals surface area contributed by atoms with Crippen LogP contribution in [0.15, 0.2) is 330 Å². The maximum Gasteiger partial charge on any atom is 0.212 e. The van der Waals surface area contributed by atoms with Crippen molar-refractivity contribution in [3.63, 3.8) is 0 Å². The molecule has 140 heavy (non-hydrogen) atoms. The average Bonchev–Trinajstić information content (AvgIpc) is 0.722. The summed E-state index contributed by atoms with van der Waals surface area (Å²) in [6.07, 6.45) is 8.20. The molecule has 24 nitrogen and oxygen atoms in total. The number of likely N-dealkylation sites (N-methyl/N-ethyl adjacent to an activating group) is 2. The van der Waals surface area contributed by atoms with E-state index in [1.54, 1.807) is 103 Å². The average molecular weight is 1880 g/mol. The standard InChI is InChI=1S/C25H28N2O2.C24H29N3O2.C23H27N3O2.C22H23N3O2.C22H25N3O2/c28-24-20-12-5-6-13-21(20)25(29)23(22(24)18-19-10-3-1-4-11-19)26-14-9-17-27-15-7-2-8-16-27;1-3-27(4-2)17-11-10-16-25-21-22(26-18-12-6-5-7-13-18)24(29)20-15-9-8-14-19(20)23(21)28;1-3-26(4-2)16-10-15-24-20-21(25-17-11-6-5-7-12-17)23(28)19-14-9-8-13-18(19)22(20)27;1-2-24-12-14-25(15-13-24)20-19(23-16-8-4-3-5-9-16)21(26)17-10-6-7-11-18(17)22(20)27;1-3-25(4-2)15-14-23-19-20(24-16-10-6-5-7-11-16)22(27)18-13-9-8-12-17(18)21(19)26/h1,3-6,10-13,26H,2,7-9,14-18H2;5-9,12-15,25-26H,3-4,10-11,16-17H2,1-2H3;5-9,11-14,24-25H,3-4,10,15-16H2,1-2H3;3-11,23H,2,12-15H2,1H3;5-13,23-24H,3-4,14-15H2,1-2H3. The van der Waals surface area contributed by atoms with E-state index < -0.39 is 0 Å². The van der Waals surface area contributed by atoms with Crippen LogP contribution < -0.4 is 42.5 Å². The molecule has 2 heterocycles. The molecule has 24 heteroatoms. The molecule has 0 radical (unpaired) electrons. The number of hydrogen-bond acceptors (Lipinski definition) is 24. The summed E-state index contributed by atoms with van der Waals surface area (Å²) < 4.78 is 0. The molecule has 0 aromatic heterocycles. The molecule has 10 aromatic carbocycles. The van der Waals surface area contributed by atoms with Gasteiger partial charge in [-0.1, -0.05) is 279 Å². The fourth-order valence-corrected chi connectivity index (χ4v) is 18.2. The van der Waals surface area contributed by atoms with Gasteiger partial charge in [-0.2, -0.15) is 0 Å². The van der Waals surface area contributed by atoms with E-state index in [9.17, 15) is 47.9 Å². The molecule has 0 spiro atoms. The minimum Gasteiger partial charge on any atom is -0.381 e. The molecule has 0 atom stereocenters. The number of nitrogens with one attached hydrogen (secondary N) is 8. The van der Waals surface area contributed by atoms with Gasteiger partial charge in [-0.25, -0.2) is 0 Å². The second-order valence-electron chi connectivity index (χ2n) is 35.0. The van der Waals surface area contributed by atoms with E-state index in [1.165, 1.54) is 32.4 Å². The molecule has 0 saturated carbocycles. The molecule has 0 bridgehead atoms. The van der Waals surface area contributed by atoms with Crippen molar-refractivity contribution in [2.75, 3.05) is 159 Å². The largest absolute Gasteiger partial charge is 0.381 e. The zero-order valence-corrected chi connectivity index (χ0v) is 81.8. The molecular weight excluding hydrogens is 1750 g/mol. The van der Waals surface area contributed by atoms with Gasteiger partial charge in [0.25, 0.3) is 0 Å². The lowest BCUT2D eigenvalue weighted by molar-refractivity contribution is 0.0909. The van der Waals surface area contributed by atoms with Crippen LogP contribution in [0.5, 0.6) is 0 Å². The number of Topliss-reactive ketones (excluding diaryl/α,β-unsaturated/α-hetero) is 10. The Morgan fingerprint density at radius 3 is 0.900 bits per heavy atom. The van der Waals surface area contributed by atoms with Gasteiger partial charge in [-0.05, 0) is 171 Å². The molecule has 5 aliphatic carbocycles. The highest BCUT2D eigenvalue weighted by Crippen LogP contribution is 2.35. The number of piperidine rings is 1. The van der Waals surface area contributed by atoms with E-state index >= 15 is 0 Å². The van der Waals surface area contributed by atoms with Crippen LogP contribution in [0.3, 0.4) is 0 Å². The highest BCUT2D eigenvalue weighted by Gasteiger charge is 2.40. The molecule has 0 unspecified atom stereocenters. The number of piperazine rings is 1. The fourth-order valence-electron chi connectivity index (χ4n) is 18.2. The van der Waals surface area contributed by atoms with E-state index in [0.717, 1.165) is 152 Å². The molecule has 17 rings (SSSR count). The molecule has 2 fully saturated rings. The third-order valence-corrected chi connectivity index (χ3v) is 26.2. The number of para-hydroxylation sites is 4. The summed E-state index contributed by atoms with van der Waals surface area (Å²) in [5, 5.41) is 25.7. The highest BCUT2D eigenvalue weighted by atomic mass is 16.2. The van der Waals surface area contributed by atoms with Crippen molar-refractivity contribution in [1.29, 1.82) is 0 Å². The lowest BCUT2D eigenvalue weighted by Gasteiger charge is -2.38. The minimum absolute atomic E-state index is 0.0393. The predicted octanol–water partition coefficient (Wildman–Crippen LogP) is 18.2. The van der Waals surface area contributed by atoms with Gasteiger partial charge in [0, 0.05) is 149 Å². The van der Waals surface area contributed by atoms with E-state index in [2.05, 4.69) is 120 Å². The quantitative estimate of drug-likeness (QED) is 0.0167. The van der Waals surface area contributed by atoms with E-state index in [4.69, 9.17) is 0 Å². The minimum atomic E-state index is -0.167. The molecular formula is C116H132N14O10. The zero-order valence-electron chi connectivity index (χ0n) is 81.8. The van der Waals surface area contributed by atoms with Gasteiger partial charge in [-0.15, -0.1) is 0 Å². The monoisotopic (exact) mass is 1880 g/mol. The van der Waals surface area contributed by atoms with Crippen LogP contribution in [0.2, 0.25) is 0 Å². The summed E-state index contributed by atoms with van der Waals surface area (Å²) in [6, 6.07) is 83.0. The first-order valence-corrected chi connectivity index (χ1v) is 49.7. The number of likely N-dealkylation sites (tertiary alicyclic amines) is 1. The zero-order chi connectivity index (χ0) is 98.7. The Balaban J connectivity index is 0.000000147. The Kier molecular flexibility index (Phi) is 38.5. The van der Waals surface area contributed by atoms with Crippen LogP contribution in [0.1, 0.15) is 203 Å². The fraction of sp³-hybridized carbons (Fsp3) is 0.310. The second kappa shape index (κ2) is 52.4. The summed E-state index contributed by atoms with van der Waals surface area (Å²) in [5.74, 6) is -1.22. The Morgan fingerprint density at radius 2 is 0.529 bits per heavy atom. The number of fused-ring (bicyclic) bond motifs is 5. The molecule has 10 aromatic rings. The van der Waals surface area contributed by atoms with Crippen LogP contribution in [-0.4, -0.2) is 225 Å². The summed E-state index contributed by atoms with van der Waals surface area (Å²) in [5.41, 5.74) is 12.8. The van der Waals surface area contributed by atoms with Crippen LogP contribution >= 0.6 is 0 Å². The molecule has 7 aliphatic rings. The first kappa shape index (κ1) is 103. The number of anilines is 4. The summed E-state index contributed by atoms with van der Waals surface area (Å²) in [6.45, 7) is 34.0. The van der Waals surface area contributed by atoms with Crippen molar-refractivity contribution >= 4 is 80.6 Å². The highest BCUT2D eigenvalue weighted by molar-refractivity contribution is 6.31. The number of allylic oxidation sites excluding steroid dienone is 10. The number of benzene rings is 10. The predicted molar refractivity (Wildman–Crippen MR) is 559 cm³/mol. The molecule has 726 valence electrons. The summed E-state index contributed by atoms with van der Waals surface area (Å²) in [7, 11) is 0. The number of nitrogens with zero attached hydrogens (tertiary/aromatic N) is 6. The normalized spacial score (nSPS) is 15.3. The third-order valence-electron chi connectivity index (χ3n) is 26.2.